The molecule has 37 heavy (non-hydrogen) atoms. The lowest BCUT2D eigenvalue weighted by atomic mass is 9.96. The van der Waals surface area contributed by atoms with Crippen LogP contribution in [0.4, 0.5) is 10.5 Å². The minimum absolute atomic E-state index is 0. The molecular formula is C26H35NO10. The van der Waals surface area contributed by atoms with E-state index in [4.69, 9.17) is 14.9 Å². The van der Waals surface area contributed by atoms with E-state index >= 15 is 0 Å². The molecule has 2 aromatic rings. The number of carbonyl (C=O) groups excluding carboxylic acids is 3. The number of hydrogen-bond donors (Lipinski definition) is 4. The number of anilines is 1. The van der Waals surface area contributed by atoms with Gasteiger partial charge in [-0.2, -0.15) is 0 Å². The second-order valence-corrected chi connectivity index (χ2v) is 7.28. The third-order valence-electron chi connectivity index (χ3n) is 5.12. The van der Waals surface area contributed by atoms with Gasteiger partial charge in [0, 0.05) is 0 Å². The molecule has 0 fully saturated rings. The zero-order valence-corrected chi connectivity index (χ0v) is 20.8. The number of amides is 1. The van der Waals surface area contributed by atoms with Crippen LogP contribution in [0.1, 0.15) is 74.6 Å². The van der Waals surface area contributed by atoms with E-state index in [0.717, 1.165) is 0 Å². The lowest BCUT2D eigenvalue weighted by Gasteiger charge is -2.14. The van der Waals surface area contributed by atoms with Crippen molar-refractivity contribution < 1.29 is 48.7 Å². The third kappa shape index (κ3) is 8.58. The Morgan fingerprint density at radius 3 is 1.62 bits per heavy atom. The van der Waals surface area contributed by atoms with Gasteiger partial charge in [0.05, 0.1) is 56.9 Å². The molecule has 0 aliphatic rings. The molecule has 0 bridgehead atoms. The summed E-state index contributed by atoms with van der Waals surface area (Å²) < 4.78 is 13.8. The van der Waals surface area contributed by atoms with Crippen LogP contribution in [0, 0.1) is 0 Å². The first-order chi connectivity index (χ1) is 17.1. The lowest BCUT2D eigenvalue weighted by molar-refractivity contribution is 0.0580. The Labute approximate surface area is 216 Å². The number of carboxylic acids is 1. The molecule has 2 aromatic carbocycles. The molecule has 11 nitrogen and oxygen atoms in total. The van der Waals surface area contributed by atoms with Gasteiger partial charge in [-0.05, 0) is 47.2 Å². The van der Waals surface area contributed by atoms with E-state index in [1.54, 1.807) is 19.1 Å². The van der Waals surface area contributed by atoms with E-state index in [1.165, 1.54) is 33.5 Å². The number of rotatable bonds is 8. The maximum atomic E-state index is 11.8. The summed E-state index contributed by atoms with van der Waals surface area (Å²) in [4.78, 5) is 45.8. The van der Waals surface area contributed by atoms with Crippen LogP contribution in [0.25, 0.3) is 0 Å². The van der Waals surface area contributed by atoms with Crippen LogP contribution in [0.2, 0.25) is 0 Å². The normalized spacial score (nSPS) is 9.70. The summed E-state index contributed by atoms with van der Waals surface area (Å²) in [5, 5.41) is 29.8. The van der Waals surface area contributed by atoms with Crippen LogP contribution in [-0.2, 0) is 40.3 Å². The van der Waals surface area contributed by atoms with Gasteiger partial charge in [0.15, 0.2) is 0 Å². The minimum atomic E-state index is -1.21. The molecule has 11 heteroatoms. The highest BCUT2D eigenvalue weighted by atomic mass is 16.5. The molecule has 0 atom stereocenters. The number of ether oxygens (including phenoxy) is 3. The molecule has 0 heterocycles. The molecule has 204 valence electrons. The topological polar surface area (TPSA) is 169 Å². The molecule has 0 spiro atoms. The number of carboxylic acid groups (broad SMARTS) is 1. The number of aromatic carboxylic acids is 1. The molecule has 4 N–H and O–H groups in total. The predicted octanol–water partition coefficient (Wildman–Crippen LogP) is 3.57. The van der Waals surface area contributed by atoms with Gasteiger partial charge in [0.1, 0.15) is 0 Å². The Morgan fingerprint density at radius 2 is 1.22 bits per heavy atom. The van der Waals surface area contributed by atoms with Crippen LogP contribution in [-0.4, -0.2) is 60.7 Å². The van der Waals surface area contributed by atoms with Crippen LogP contribution >= 0.6 is 0 Å². The fraction of sp³-hybridized carbons (Fsp3) is 0.385. The second kappa shape index (κ2) is 15.9. The molecule has 0 aliphatic heterocycles. The maximum Gasteiger partial charge on any atom is 0.411 e. The summed E-state index contributed by atoms with van der Waals surface area (Å²) in [5.74, 6) is -2.44. The van der Waals surface area contributed by atoms with E-state index in [9.17, 15) is 24.3 Å². The van der Waals surface area contributed by atoms with Gasteiger partial charge < -0.3 is 29.5 Å². The van der Waals surface area contributed by atoms with Crippen molar-refractivity contribution in [3.63, 3.8) is 0 Å². The summed E-state index contributed by atoms with van der Waals surface area (Å²) in [7, 11) is 3.70. The largest absolute Gasteiger partial charge is 0.478 e. The Morgan fingerprint density at radius 1 is 0.757 bits per heavy atom. The molecule has 0 aliphatic carbocycles. The molecule has 0 aromatic heterocycles. The van der Waals surface area contributed by atoms with Gasteiger partial charge in [-0.3, -0.25) is 5.32 Å². The van der Waals surface area contributed by atoms with Crippen molar-refractivity contribution in [2.75, 3.05) is 26.6 Å². The first-order valence-electron chi connectivity index (χ1n) is 10.9. The molecule has 0 unspecified atom stereocenters. The van der Waals surface area contributed by atoms with Gasteiger partial charge in [0.2, 0.25) is 0 Å². The van der Waals surface area contributed by atoms with Crippen molar-refractivity contribution in [3.8, 4) is 0 Å². The molecule has 0 saturated heterocycles. The second-order valence-electron chi connectivity index (χ2n) is 7.28. The van der Waals surface area contributed by atoms with Crippen molar-refractivity contribution in [3.05, 3.63) is 63.2 Å². The van der Waals surface area contributed by atoms with Gasteiger partial charge in [-0.25, -0.2) is 19.2 Å². The van der Waals surface area contributed by atoms with Crippen molar-refractivity contribution >= 4 is 29.7 Å². The first kappa shape index (κ1) is 33.0. The van der Waals surface area contributed by atoms with Crippen LogP contribution in [0.5, 0.6) is 0 Å². The van der Waals surface area contributed by atoms with E-state index in [-0.39, 0.29) is 43.0 Å². The Kier molecular flexibility index (Phi) is 14.2. The predicted molar refractivity (Wildman–Crippen MR) is 136 cm³/mol. The quantitative estimate of drug-likeness (QED) is 0.298. The molecule has 2 rings (SSSR count). The fourth-order valence-corrected chi connectivity index (χ4v) is 3.39. The molecular weight excluding hydrogens is 486 g/mol. The Hall–Kier alpha value is -3.96. The van der Waals surface area contributed by atoms with E-state index in [2.05, 4.69) is 14.8 Å². The van der Waals surface area contributed by atoms with Crippen LogP contribution in [0.15, 0.2) is 24.3 Å². The highest BCUT2D eigenvalue weighted by Crippen LogP contribution is 2.25. The number of benzene rings is 2. The smallest absolute Gasteiger partial charge is 0.411 e. The molecule has 1 amide bonds. The molecule has 0 saturated carbocycles. The monoisotopic (exact) mass is 521 g/mol. The number of aliphatic hydroxyl groups is 2. The number of nitrogens with one attached hydrogen (secondary N) is 1. The van der Waals surface area contributed by atoms with Crippen molar-refractivity contribution in [1.82, 2.24) is 0 Å². The van der Waals surface area contributed by atoms with E-state index in [1.807, 2.05) is 6.92 Å². The Balaban J connectivity index is 0.000000686. The average Bonchev–Trinajstić information content (AvgIpc) is 2.90. The Bertz CT molecular complexity index is 1110. The third-order valence-corrected chi connectivity index (χ3v) is 5.12. The highest BCUT2D eigenvalue weighted by Gasteiger charge is 2.22. The van der Waals surface area contributed by atoms with Gasteiger partial charge in [-0.15, -0.1) is 0 Å². The summed E-state index contributed by atoms with van der Waals surface area (Å²) in [6.45, 7) is 3.21. The number of aliphatic hydroxyl groups excluding tert-OH is 2. The number of hydrogen-bond acceptors (Lipinski definition) is 9. The molecule has 0 radical (unpaired) electrons. The van der Waals surface area contributed by atoms with Crippen molar-refractivity contribution in [2.24, 2.45) is 0 Å². The lowest BCUT2D eigenvalue weighted by Crippen LogP contribution is -2.17. The van der Waals surface area contributed by atoms with Crippen LogP contribution in [0.3, 0.4) is 0 Å². The average molecular weight is 522 g/mol. The summed E-state index contributed by atoms with van der Waals surface area (Å²) >= 11 is 0. The number of aryl methyl sites for hydroxylation is 2. The first-order valence-corrected chi connectivity index (χ1v) is 10.9. The van der Waals surface area contributed by atoms with Crippen LogP contribution < -0.4 is 5.32 Å². The number of carbonyl (C=O) groups is 4. The summed E-state index contributed by atoms with van der Waals surface area (Å²) in [5.41, 5.74) is 2.75. The number of esters is 2. The summed E-state index contributed by atoms with van der Waals surface area (Å²) in [6, 6.07) is 6.11. The van der Waals surface area contributed by atoms with Gasteiger partial charge in [-0.1, -0.05) is 33.4 Å². The zero-order valence-electron chi connectivity index (χ0n) is 20.8. The fourth-order valence-electron chi connectivity index (χ4n) is 3.39. The minimum Gasteiger partial charge on any atom is -0.478 e. The van der Waals surface area contributed by atoms with E-state index in [0.29, 0.717) is 35.1 Å². The van der Waals surface area contributed by atoms with Gasteiger partial charge in [0.25, 0.3) is 0 Å². The summed E-state index contributed by atoms with van der Waals surface area (Å²) in [6.07, 6.45) is 0.356. The van der Waals surface area contributed by atoms with Crippen molar-refractivity contribution in [1.29, 1.82) is 0 Å². The zero-order chi connectivity index (χ0) is 27.4. The highest BCUT2D eigenvalue weighted by molar-refractivity contribution is 6.04. The maximum absolute atomic E-state index is 11.8. The number of methoxy groups -OCH3 is 3. The van der Waals surface area contributed by atoms with E-state index < -0.39 is 24.0 Å². The standard InChI is InChI=1S/C13H17NO5.C12H14O5.CH4/c1-4-9-5-8(7-15)6-10(14-13(17)19-3)11(9)12(16)18-2;1-3-8-4-7(6-13)5-9(11(14)15)10(8)12(16)17-2;/h5-6,15H,4,7H2,1-3H3,(H,14,17);4-5,13H,3,6H2,1-2H3,(H,14,15);1H4. The van der Waals surface area contributed by atoms with Crippen molar-refractivity contribution in [2.45, 2.75) is 47.3 Å². The SMILES string of the molecule is C.CCc1cc(CO)cc(C(=O)O)c1C(=O)OC.CCc1cc(CO)cc(NC(=O)OC)c1C(=O)OC. The van der Waals surface area contributed by atoms with Gasteiger partial charge >= 0.3 is 24.0 Å².